The summed E-state index contributed by atoms with van der Waals surface area (Å²) in [5.74, 6) is 3.46. The van der Waals surface area contributed by atoms with Crippen molar-refractivity contribution in [3.8, 4) is 5.75 Å². The molecule has 1 aromatic heterocycles. The molecule has 4 heteroatoms. The maximum atomic E-state index is 5.43. The van der Waals surface area contributed by atoms with Gasteiger partial charge in [-0.05, 0) is 54.9 Å². The summed E-state index contributed by atoms with van der Waals surface area (Å²) in [7, 11) is 0. The summed E-state index contributed by atoms with van der Waals surface area (Å²) in [6.07, 6.45) is 5.34. The predicted molar refractivity (Wildman–Crippen MR) is 101 cm³/mol. The van der Waals surface area contributed by atoms with Crippen molar-refractivity contribution in [1.82, 2.24) is 9.88 Å². The normalized spacial score (nSPS) is 35.1. The van der Waals surface area contributed by atoms with Crippen molar-refractivity contribution >= 4 is 33.9 Å². The molecule has 1 aromatic carbocycles. The van der Waals surface area contributed by atoms with Gasteiger partial charge in [0, 0.05) is 41.6 Å². The molecular weight excluding hydrogens is 399 g/mol. The number of piperidine rings is 2. The Balaban J connectivity index is 1.66. The molecule has 2 saturated heterocycles. The van der Waals surface area contributed by atoms with Gasteiger partial charge in [-0.3, -0.25) is 4.90 Å². The molecular formula is C19H23IN2O. The van der Waals surface area contributed by atoms with Crippen molar-refractivity contribution in [2.75, 3.05) is 13.1 Å². The first kappa shape index (κ1) is 14.6. The van der Waals surface area contributed by atoms with E-state index >= 15 is 0 Å². The molecule has 4 aliphatic rings. The molecule has 3 nitrogen and oxygen atoms in total. The Hall–Kier alpha value is -0.750. The third kappa shape index (κ3) is 2.10. The highest BCUT2D eigenvalue weighted by Gasteiger charge is 2.48. The Morgan fingerprint density at radius 3 is 3.09 bits per heavy atom. The van der Waals surface area contributed by atoms with Gasteiger partial charge < -0.3 is 8.05 Å². The van der Waals surface area contributed by atoms with Gasteiger partial charge in [-0.25, -0.2) is 0 Å². The van der Waals surface area contributed by atoms with E-state index in [0.717, 1.165) is 23.6 Å². The molecule has 1 saturated carbocycles. The minimum atomic E-state index is 0.710. The lowest BCUT2D eigenvalue weighted by atomic mass is 9.65. The number of hydrogen-bond donors (Lipinski definition) is 1. The minimum Gasteiger partial charge on any atom is -0.428 e. The molecule has 4 heterocycles. The highest BCUT2D eigenvalue weighted by molar-refractivity contribution is 14.1. The largest absolute Gasteiger partial charge is 0.428 e. The van der Waals surface area contributed by atoms with Gasteiger partial charge in [0.25, 0.3) is 0 Å². The Morgan fingerprint density at radius 2 is 2.26 bits per heavy atom. The van der Waals surface area contributed by atoms with Crippen LogP contribution in [-0.4, -0.2) is 29.0 Å². The zero-order chi connectivity index (χ0) is 15.6. The van der Waals surface area contributed by atoms with Crippen LogP contribution < -0.4 is 3.07 Å². The molecule has 6 rings (SSSR count). The van der Waals surface area contributed by atoms with Crippen molar-refractivity contribution in [2.45, 2.75) is 44.6 Å². The molecule has 23 heavy (non-hydrogen) atoms. The van der Waals surface area contributed by atoms with Gasteiger partial charge in [-0.1, -0.05) is 13.3 Å². The molecule has 0 spiro atoms. The lowest BCUT2D eigenvalue weighted by Gasteiger charge is -2.53. The maximum Gasteiger partial charge on any atom is 0.192 e. The topological polar surface area (TPSA) is 28.3 Å². The summed E-state index contributed by atoms with van der Waals surface area (Å²) in [5, 5.41) is 1.38. The van der Waals surface area contributed by atoms with Crippen molar-refractivity contribution in [3.05, 3.63) is 29.5 Å². The van der Waals surface area contributed by atoms with Crippen LogP contribution in [0.3, 0.4) is 0 Å². The molecule has 1 aliphatic carbocycles. The van der Waals surface area contributed by atoms with Crippen LogP contribution in [-0.2, 0) is 6.42 Å². The highest BCUT2D eigenvalue weighted by atomic mass is 127. The summed E-state index contributed by atoms with van der Waals surface area (Å²) < 4.78 is 5.43. The molecule has 0 amide bonds. The number of fused-ring (bicyclic) bond motifs is 4. The molecule has 5 atom stereocenters. The number of benzene rings is 1. The molecule has 122 valence electrons. The van der Waals surface area contributed by atoms with Crippen LogP contribution in [0.5, 0.6) is 5.75 Å². The van der Waals surface area contributed by atoms with E-state index in [9.17, 15) is 0 Å². The van der Waals surface area contributed by atoms with Gasteiger partial charge in [0.15, 0.2) is 23.0 Å². The van der Waals surface area contributed by atoms with E-state index < -0.39 is 0 Å². The first-order valence-corrected chi connectivity index (χ1v) is 9.83. The van der Waals surface area contributed by atoms with Crippen LogP contribution in [0, 0.1) is 11.8 Å². The molecule has 4 bridgehead atoms. The lowest BCUT2D eigenvalue weighted by molar-refractivity contribution is -0.0134. The van der Waals surface area contributed by atoms with Crippen LogP contribution in [0.25, 0.3) is 10.9 Å². The standard InChI is InChI=1S/C19H23IN2O/c1-2-12-7-11-8-16-18-14(5-6-22(10-11)19(12)16)15-9-13(23-20)3-4-17(15)21-18/h3-4,9,11-12,16,19,21H,2,5-8,10H2,1H3. The third-order valence-corrected chi connectivity index (χ3v) is 7.09. The second-order valence-corrected chi connectivity index (χ2v) is 8.09. The highest BCUT2D eigenvalue weighted by Crippen LogP contribution is 2.51. The first-order valence-electron chi connectivity index (χ1n) is 8.95. The predicted octanol–water partition coefficient (Wildman–Crippen LogP) is 4.66. The molecule has 0 radical (unpaired) electrons. The van der Waals surface area contributed by atoms with Crippen molar-refractivity contribution in [2.24, 2.45) is 11.8 Å². The summed E-state index contributed by atoms with van der Waals surface area (Å²) in [6.45, 7) is 4.94. The van der Waals surface area contributed by atoms with Crippen LogP contribution in [0.4, 0.5) is 0 Å². The number of rotatable bonds is 2. The SMILES string of the molecule is CCC1CC2CC3c4[nH]c5ccc(OI)cc5c4CCN(C2)C13. The van der Waals surface area contributed by atoms with E-state index in [2.05, 4.69) is 35.0 Å². The monoisotopic (exact) mass is 422 g/mol. The van der Waals surface area contributed by atoms with Crippen molar-refractivity contribution in [3.63, 3.8) is 0 Å². The second-order valence-electron chi connectivity index (χ2n) is 7.65. The average Bonchev–Trinajstić information content (AvgIpc) is 2.92. The third-order valence-electron chi connectivity index (χ3n) is 6.58. The summed E-state index contributed by atoms with van der Waals surface area (Å²) >= 11 is 1.98. The van der Waals surface area contributed by atoms with Gasteiger partial charge in [0.05, 0.1) is 0 Å². The van der Waals surface area contributed by atoms with E-state index in [1.807, 2.05) is 23.0 Å². The quantitative estimate of drug-likeness (QED) is 0.714. The number of nitrogens with one attached hydrogen (secondary N) is 1. The van der Waals surface area contributed by atoms with Gasteiger partial charge in [-0.15, -0.1) is 0 Å². The smallest absolute Gasteiger partial charge is 0.192 e. The Kier molecular flexibility index (Phi) is 3.41. The fourth-order valence-corrected chi connectivity index (χ4v) is 5.99. The average molecular weight is 422 g/mol. The molecule has 2 aromatic rings. The number of H-pyrrole nitrogens is 1. The Bertz CT molecular complexity index is 755. The zero-order valence-corrected chi connectivity index (χ0v) is 15.7. The first-order chi connectivity index (χ1) is 11.3. The Labute approximate surface area is 151 Å². The van der Waals surface area contributed by atoms with Gasteiger partial charge >= 0.3 is 0 Å². The van der Waals surface area contributed by atoms with Crippen LogP contribution in [0.1, 0.15) is 43.4 Å². The molecule has 1 N–H and O–H groups in total. The fraction of sp³-hybridized carbons (Fsp3) is 0.579. The molecule has 3 fully saturated rings. The molecule has 5 unspecified atom stereocenters. The number of hydrogen-bond acceptors (Lipinski definition) is 2. The Morgan fingerprint density at radius 1 is 1.35 bits per heavy atom. The zero-order valence-electron chi connectivity index (χ0n) is 13.5. The van der Waals surface area contributed by atoms with Gasteiger partial charge in [0.1, 0.15) is 5.75 Å². The van der Waals surface area contributed by atoms with Crippen LogP contribution >= 0.6 is 23.0 Å². The lowest BCUT2D eigenvalue weighted by Crippen LogP contribution is -2.56. The minimum absolute atomic E-state index is 0.710. The summed E-state index contributed by atoms with van der Waals surface area (Å²) in [5.41, 5.74) is 4.39. The number of nitrogens with zero attached hydrogens (tertiary/aromatic N) is 1. The van der Waals surface area contributed by atoms with Crippen molar-refractivity contribution in [1.29, 1.82) is 0 Å². The van der Waals surface area contributed by atoms with Gasteiger partial charge in [-0.2, -0.15) is 0 Å². The number of aromatic nitrogens is 1. The fourth-order valence-electron chi connectivity index (χ4n) is 5.72. The van der Waals surface area contributed by atoms with Crippen molar-refractivity contribution < 1.29 is 3.07 Å². The van der Waals surface area contributed by atoms with E-state index in [0.29, 0.717) is 5.92 Å². The van der Waals surface area contributed by atoms with Crippen LogP contribution in [0.2, 0.25) is 0 Å². The second kappa shape index (κ2) is 5.38. The van der Waals surface area contributed by atoms with E-state index in [1.54, 1.807) is 11.3 Å². The number of halogens is 1. The summed E-state index contributed by atoms with van der Waals surface area (Å²) in [4.78, 5) is 6.62. The van der Waals surface area contributed by atoms with E-state index in [-0.39, 0.29) is 0 Å². The number of aromatic amines is 1. The maximum absolute atomic E-state index is 5.43. The van der Waals surface area contributed by atoms with Gasteiger partial charge in [0.2, 0.25) is 0 Å². The molecule has 3 aliphatic heterocycles. The summed E-state index contributed by atoms with van der Waals surface area (Å²) in [6, 6.07) is 7.24. The van der Waals surface area contributed by atoms with E-state index in [1.165, 1.54) is 49.7 Å². The van der Waals surface area contributed by atoms with E-state index in [4.69, 9.17) is 3.07 Å². The van der Waals surface area contributed by atoms with Crippen LogP contribution in [0.15, 0.2) is 18.2 Å².